The Hall–Kier alpha value is -1.55. The Morgan fingerprint density at radius 1 is 1.23 bits per heavy atom. The van der Waals surface area contributed by atoms with Crippen LogP contribution in [0.3, 0.4) is 0 Å². The lowest BCUT2D eigenvalue weighted by Crippen LogP contribution is -2.50. The summed E-state index contributed by atoms with van der Waals surface area (Å²) in [6, 6.07) is 11.8. The normalized spacial score (nSPS) is 17.7. The Balaban J connectivity index is 1.69. The van der Waals surface area contributed by atoms with Crippen molar-refractivity contribution in [2.45, 2.75) is 45.2 Å². The van der Waals surface area contributed by atoms with Crippen LogP contribution in [0, 0.1) is 0 Å². The molecule has 0 saturated carbocycles. The summed E-state index contributed by atoms with van der Waals surface area (Å²) in [5.41, 5.74) is 1.36. The number of nitrogens with zero attached hydrogens (tertiary/aromatic N) is 2. The van der Waals surface area contributed by atoms with E-state index in [2.05, 4.69) is 64.7 Å². The van der Waals surface area contributed by atoms with E-state index in [-0.39, 0.29) is 0 Å². The van der Waals surface area contributed by atoms with E-state index in [0.29, 0.717) is 12.1 Å². The molecule has 1 aromatic carbocycles. The second kappa shape index (κ2) is 8.79. The van der Waals surface area contributed by atoms with Gasteiger partial charge >= 0.3 is 0 Å². The highest BCUT2D eigenvalue weighted by Crippen LogP contribution is 2.12. The molecule has 0 amide bonds. The first-order valence-corrected chi connectivity index (χ1v) is 8.44. The van der Waals surface area contributed by atoms with Gasteiger partial charge < -0.3 is 15.5 Å². The van der Waals surface area contributed by atoms with E-state index in [1.807, 2.05) is 7.05 Å². The van der Waals surface area contributed by atoms with Crippen LogP contribution in [0.25, 0.3) is 0 Å². The molecule has 4 nitrogen and oxygen atoms in total. The predicted molar refractivity (Wildman–Crippen MR) is 94.4 cm³/mol. The Morgan fingerprint density at radius 2 is 1.91 bits per heavy atom. The third kappa shape index (κ3) is 5.34. The van der Waals surface area contributed by atoms with Crippen molar-refractivity contribution in [1.82, 2.24) is 15.5 Å². The first kappa shape index (κ1) is 16.8. The average Bonchev–Trinajstić information content (AvgIpc) is 2.55. The van der Waals surface area contributed by atoms with Crippen molar-refractivity contribution in [1.29, 1.82) is 0 Å². The third-order valence-corrected chi connectivity index (χ3v) is 4.37. The van der Waals surface area contributed by atoms with Crippen LogP contribution in [0.5, 0.6) is 0 Å². The van der Waals surface area contributed by atoms with E-state index in [9.17, 15) is 0 Å². The molecule has 0 atom stereocenters. The molecule has 122 valence electrons. The maximum absolute atomic E-state index is 4.35. The number of hydrogen-bond donors (Lipinski definition) is 2. The lowest BCUT2D eigenvalue weighted by molar-refractivity contribution is 0.167. The number of aliphatic imine (C=N–C) groups is 1. The second-order valence-electron chi connectivity index (χ2n) is 6.28. The van der Waals surface area contributed by atoms with Crippen LogP contribution in [0.1, 0.15) is 32.3 Å². The molecule has 1 aliphatic heterocycles. The van der Waals surface area contributed by atoms with E-state index in [4.69, 9.17) is 0 Å². The minimum absolute atomic E-state index is 0.540. The molecule has 0 spiro atoms. The van der Waals surface area contributed by atoms with Crippen molar-refractivity contribution in [3.8, 4) is 0 Å². The fourth-order valence-electron chi connectivity index (χ4n) is 2.92. The molecule has 0 bridgehead atoms. The van der Waals surface area contributed by atoms with Gasteiger partial charge in [0, 0.05) is 38.8 Å². The lowest BCUT2D eigenvalue weighted by Gasteiger charge is -2.35. The summed E-state index contributed by atoms with van der Waals surface area (Å²) >= 11 is 0. The fourth-order valence-corrected chi connectivity index (χ4v) is 2.92. The van der Waals surface area contributed by atoms with Crippen LogP contribution in [-0.4, -0.2) is 49.6 Å². The van der Waals surface area contributed by atoms with E-state index in [0.717, 1.165) is 18.9 Å². The highest BCUT2D eigenvalue weighted by atomic mass is 15.2. The highest BCUT2D eigenvalue weighted by Gasteiger charge is 2.21. The quantitative estimate of drug-likeness (QED) is 0.647. The number of likely N-dealkylation sites (tertiary alicyclic amines) is 1. The monoisotopic (exact) mass is 302 g/mol. The van der Waals surface area contributed by atoms with Crippen molar-refractivity contribution in [2.75, 3.05) is 26.7 Å². The molecular formula is C18H30N4. The molecule has 0 unspecified atom stereocenters. The molecule has 4 heteroatoms. The fraction of sp³-hybridized carbons (Fsp3) is 0.611. The van der Waals surface area contributed by atoms with Gasteiger partial charge in [0.2, 0.25) is 0 Å². The maximum atomic E-state index is 4.35. The zero-order valence-electron chi connectivity index (χ0n) is 14.2. The summed E-state index contributed by atoms with van der Waals surface area (Å²) in [5, 5.41) is 6.99. The Labute approximate surface area is 135 Å². The van der Waals surface area contributed by atoms with Gasteiger partial charge in [-0.2, -0.15) is 0 Å². The van der Waals surface area contributed by atoms with Gasteiger partial charge in [-0.15, -0.1) is 0 Å². The minimum Gasteiger partial charge on any atom is -0.356 e. The van der Waals surface area contributed by atoms with Gasteiger partial charge in [0.1, 0.15) is 0 Å². The Bertz CT molecular complexity index is 447. The van der Waals surface area contributed by atoms with Crippen molar-refractivity contribution in [3.63, 3.8) is 0 Å². The first-order chi connectivity index (χ1) is 10.7. The van der Waals surface area contributed by atoms with Gasteiger partial charge in [-0.25, -0.2) is 0 Å². The van der Waals surface area contributed by atoms with Crippen molar-refractivity contribution in [3.05, 3.63) is 35.9 Å². The Morgan fingerprint density at radius 3 is 2.50 bits per heavy atom. The van der Waals surface area contributed by atoms with Gasteiger partial charge in [-0.05, 0) is 38.7 Å². The topological polar surface area (TPSA) is 39.7 Å². The summed E-state index contributed by atoms with van der Waals surface area (Å²) < 4.78 is 0. The molecule has 0 aromatic heterocycles. The predicted octanol–water partition coefficient (Wildman–Crippen LogP) is 2.27. The Kier molecular flexibility index (Phi) is 6.72. The largest absolute Gasteiger partial charge is 0.356 e. The zero-order valence-corrected chi connectivity index (χ0v) is 14.2. The minimum atomic E-state index is 0.540. The summed E-state index contributed by atoms with van der Waals surface area (Å²) in [5.74, 6) is 0.930. The van der Waals surface area contributed by atoms with Gasteiger partial charge in [-0.1, -0.05) is 30.3 Å². The molecule has 0 aliphatic carbocycles. The van der Waals surface area contributed by atoms with E-state index in [1.165, 1.54) is 31.5 Å². The maximum Gasteiger partial charge on any atom is 0.191 e. The highest BCUT2D eigenvalue weighted by molar-refractivity contribution is 5.79. The molecule has 1 saturated heterocycles. The molecule has 2 N–H and O–H groups in total. The van der Waals surface area contributed by atoms with Crippen LogP contribution < -0.4 is 10.6 Å². The first-order valence-electron chi connectivity index (χ1n) is 8.44. The zero-order chi connectivity index (χ0) is 15.8. The van der Waals surface area contributed by atoms with Crippen molar-refractivity contribution in [2.24, 2.45) is 4.99 Å². The number of nitrogens with one attached hydrogen (secondary N) is 2. The molecule has 1 aliphatic rings. The molecular weight excluding hydrogens is 272 g/mol. The van der Waals surface area contributed by atoms with Crippen molar-refractivity contribution >= 4 is 5.96 Å². The lowest BCUT2D eigenvalue weighted by atomic mass is 10.0. The molecule has 0 radical (unpaired) electrons. The molecule has 1 heterocycles. The van der Waals surface area contributed by atoms with Crippen LogP contribution in [0.4, 0.5) is 0 Å². The van der Waals surface area contributed by atoms with E-state index < -0.39 is 0 Å². The number of rotatable bonds is 5. The third-order valence-electron chi connectivity index (χ3n) is 4.37. The van der Waals surface area contributed by atoms with Crippen LogP contribution in [0.2, 0.25) is 0 Å². The SMILES string of the molecule is CN=C(NCCc1ccccc1)NC1CCN(C(C)C)CC1. The van der Waals surface area contributed by atoms with E-state index >= 15 is 0 Å². The van der Waals surface area contributed by atoms with Gasteiger partial charge in [0.25, 0.3) is 0 Å². The number of hydrogen-bond acceptors (Lipinski definition) is 2. The number of benzene rings is 1. The number of guanidine groups is 1. The summed E-state index contributed by atoms with van der Waals surface area (Å²) in [4.78, 5) is 6.89. The van der Waals surface area contributed by atoms with Crippen molar-refractivity contribution < 1.29 is 0 Å². The molecule has 1 fully saturated rings. The van der Waals surface area contributed by atoms with Crippen LogP contribution >= 0.6 is 0 Å². The summed E-state index contributed by atoms with van der Waals surface area (Å²) in [7, 11) is 1.85. The summed E-state index contributed by atoms with van der Waals surface area (Å²) in [6.07, 6.45) is 3.41. The molecule has 1 aromatic rings. The molecule has 22 heavy (non-hydrogen) atoms. The smallest absolute Gasteiger partial charge is 0.191 e. The standard InChI is InChI=1S/C18H30N4/c1-15(2)22-13-10-17(11-14-22)21-18(19-3)20-12-9-16-7-5-4-6-8-16/h4-8,15,17H,9-14H2,1-3H3,(H2,19,20,21). The summed E-state index contributed by atoms with van der Waals surface area (Å²) in [6.45, 7) is 7.82. The van der Waals surface area contributed by atoms with Crippen LogP contribution in [0.15, 0.2) is 35.3 Å². The van der Waals surface area contributed by atoms with Gasteiger partial charge in [-0.3, -0.25) is 4.99 Å². The second-order valence-corrected chi connectivity index (χ2v) is 6.28. The van der Waals surface area contributed by atoms with Crippen LogP contribution in [-0.2, 0) is 6.42 Å². The van der Waals surface area contributed by atoms with E-state index in [1.54, 1.807) is 0 Å². The number of piperidine rings is 1. The molecule has 2 rings (SSSR count). The van der Waals surface area contributed by atoms with Gasteiger partial charge in [0.15, 0.2) is 5.96 Å². The average molecular weight is 302 g/mol. The van der Waals surface area contributed by atoms with Gasteiger partial charge in [0.05, 0.1) is 0 Å².